The molecule has 0 radical (unpaired) electrons. The summed E-state index contributed by atoms with van der Waals surface area (Å²) in [6.07, 6.45) is 1.05. The van der Waals surface area contributed by atoms with Crippen LogP contribution in [0, 0.1) is 13.8 Å². The summed E-state index contributed by atoms with van der Waals surface area (Å²) in [4.78, 5) is 12.5. The van der Waals surface area contributed by atoms with Gasteiger partial charge in [-0.15, -0.1) is 0 Å². The van der Waals surface area contributed by atoms with E-state index in [0.717, 1.165) is 17.4 Å². The second-order valence-electron chi connectivity index (χ2n) is 6.34. The van der Waals surface area contributed by atoms with Gasteiger partial charge >= 0.3 is 0 Å². The maximum atomic E-state index is 12.5. The molecule has 2 rings (SSSR count). The van der Waals surface area contributed by atoms with E-state index < -0.39 is 16.1 Å². The quantitative estimate of drug-likeness (QED) is 0.778. The van der Waals surface area contributed by atoms with Crippen LogP contribution in [0.2, 0.25) is 0 Å². The van der Waals surface area contributed by atoms with Crippen molar-refractivity contribution < 1.29 is 17.9 Å². The minimum absolute atomic E-state index is 0.0214. The lowest BCUT2D eigenvalue weighted by Gasteiger charge is -2.18. The number of rotatable bonds is 7. The van der Waals surface area contributed by atoms with Crippen LogP contribution in [0.3, 0.4) is 0 Å². The number of hydrogen-bond donors (Lipinski definition) is 2. The van der Waals surface area contributed by atoms with Gasteiger partial charge in [0, 0.05) is 12.1 Å². The second-order valence-corrected chi connectivity index (χ2v) is 8.12. The van der Waals surface area contributed by atoms with Gasteiger partial charge in [0.25, 0.3) is 0 Å². The molecule has 0 bridgehead atoms. The highest BCUT2D eigenvalue weighted by Gasteiger charge is 2.20. The number of carbonyl (C=O) groups is 1. The Bertz CT molecular complexity index is 857. The number of nitrogens with one attached hydrogen (secondary N) is 2. The van der Waals surface area contributed by atoms with E-state index in [4.69, 9.17) is 4.74 Å². The Morgan fingerprint density at radius 3 is 2.15 bits per heavy atom. The number of methoxy groups -OCH3 is 1. The zero-order valence-electron chi connectivity index (χ0n) is 15.4. The van der Waals surface area contributed by atoms with Crippen molar-refractivity contribution in [3.8, 4) is 5.75 Å². The van der Waals surface area contributed by atoms with Gasteiger partial charge in [-0.25, -0.2) is 13.1 Å². The van der Waals surface area contributed by atoms with Gasteiger partial charge < -0.3 is 10.1 Å². The normalized spacial score (nSPS) is 12.5. The lowest BCUT2D eigenvalue weighted by Crippen LogP contribution is -2.30. The van der Waals surface area contributed by atoms with Crippen molar-refractivity contribution in [2.75, 3.05) is 18.7 Å². The van der Waals surface area contributed by atoms with Crippen LogP contribution in [0.4, 0.5) is 5.69 Å². The van der Waals surface area contributed by atoms with Crippen LogP contribution in [-0.4, -0.2) is 27.7 Å². The molecular formula is C19H24N2O4S. The first-order chi connectivity index (χ1) is 12.2. The number of sulfonamides is 1. The van der Waals surface area contributed by atoms with Gasteiger partial charge in [-0.2, -0.15) is 0 Å². The summed E-state index contributed by atoms with van der Waals surface area (Å²) >= 11 is 0. The molecule has 1 atom stereocenters. The van der Waals surface area contributed by atoms with Gasteiger partial charge in [-0.1, -0.05) is 18.2 Å². The van der Waals surface area contributed by atoms with Crippen LogP contribution >= 0.6 is 0 Å². The number of aryl methyl sites for hydroxylation is 2. The molecule has 0 fully saturated rings. The van der Waals surface area contributed by atoms with Gasteiger partial charge in [-0.3, -0.25) is 4.79 Å². The lowest BCUT2D eigenvalue weighted by atomic mass is 10.0. The smallest absolute Gasteiger partial charge is 0.226 e. The topological polar surface area (TPSA) is 84.5 Å². The predicted molar refractivity (Wildman–Crippen MR) is 103 cm³/mol. The predicted octanol–water partition coefficient (Wildman–Crippen LogP) is 2.93. The highest BCUT2D eigenvalue weighted by molar-refractivity contribution is 7.88. The molecule has 7 heteroatoms. The Balaban J connectivity index is 2.18. The molecule has 0 heterocycles. The molecule has 0 saturated carbocycles. The summed E-state index contributed by atoms with van der Waals surface area (Å²) in [5, 5.41) is 2.83. The van der Waals surface area contributed by atoms with Crippen molar-refractivity contribution in [3.05, 3.63) is 59.2 Å². The molecule has 0 aliphatic rings. The minimum atomic E-state index is -3.48. The third-order valence-electron chi connectivity index (χ3n) is 3.77. The first-order valence-corrected chi connectivity index (χ1v) is 10.0. The standard InChI is InChI=1S/C19H24N2O4S/c1-13-9-14(2)11-16(10-13)20-19(22)12-18(21-26(4,23)24)15-5-7-17(25-3)8-6-15/h5-11,18,21H,12H2,1-4H3,(H,20,22)/t18-/m1/s1. The summed E-state index contributed by atoms with van der Waals surface area (Å²) in [5.74, 6) is 0.388. The summed E-state index contributed by atoms with van der Waals surface area (Å²) < 4.78 is 31.0. The van der Waals surface area contributed by atoms with E-state index in [2.05, 4.69) is 10.0 Å². The zero-order valence-corrected chi connectivity index (χ0v) is 16.2. The van der Waals surface area contributed by atoms with E-state index in [9.17, 15) is 13.2 Å². The summed E-state index contributed by atoms with van der Waals surface area (Å²) in [7, 11) is -1.93. The summed E-state index contributed by atoms with van der Waals surface area (Å²) in [6, 6.07) is 12.0. The van der Waals surface area contributed by atoms with Crippen LogP contribution in [0.25, 0.3) is 0 Å². The lowest BCUT2D eigenvalue weighted by molar-refractivity contribution is -0.116. The molecule has 2 aromatic carbocycles. The average Bonchev–Trinajstić information content (AvgIpc) is 2.52. The number of carbonyl (C=O) groups excluding carboxylic acids is 1. The van der Waals surface area contributed by atoms with E-state index in [0.29, 0.717) is 17.0 Å². The molecule has 0 spiro atoms. The SMILES string of the molecule is COc1ccc([C@@H](CC(=O)Nc2cc(C)cc(C)c2)NS(C)(=O)=O)cc1. The van der Waals surface area contributed by atoms with Gasteiger partial charge in [0.1, 0.15) is 5.75 Å². The molecule has 6 nitrogen and oxygen atoms in total. The third kappa shape index (κ3) is 6.16. The van der Waals surface area contributed by atoms with Crippen molar-refractivity contribution in [3.63, 3.8) is 0 Å². The Morgan fingerprint density at radius 2 is 1.65 bits per heavy atom. The number of amides is 1. The highest BCUT2D eigenvalue weighted by atomic mass is 32.2. The molecule has 140 valence electrons. The summed E-state index contributed by atoms with van der Waals surface area (Å²) in [6.45, 7) is 3.90. The van der Waals surface area contributed by atoms with Crippen molar-refractivity contribution in [2.45, 2.75) is 26.3 Å². The Hall–Kier alpha value is -2.38. The molecule has 2 N–H and O–H groups in total. The molecular weight excluding hydrogens is 352 g/mol. The van der Waals surface area contributed by atoms with Gasteiger partial charge in [0.2, 0.25) is 15.9 Å². The maximum absolute atomic E-state index is 12.5. The maximum Gasteiger partial charge on any atom is 0.226 e. The molecule has 0 aliphatic carbocycles. The van der Waals surface area contributed by atoms with E-state index >= 15 is 0 Å². The number of benzene rings is 2. The molecule has 0 aliphatic heterocycles. The first kappa shape index (κ1) is 19.9. The van der Waals surface area contributed by atoms with Gasteiger partial charge in [0.15, 0.2) is 0 Å². The largest absolute Gasteiger partial charge is 0.497 e. The molecule has 1 amide bonds. The van der Waals surface area contributed by atoms with Crippen LogP contribution < -0.4 is 14.8 Å². The van der Waals surface area contributed by atoms with E-state index in [-0.39, 0.29) is 12.3 Å². The van der Waals surface area contributed by atoms with Crippen molar-refractivity contribution in [2.24, 2.45) is 0 Å². The van der Waals surface area contributed by atoms with E-state index in [1.807, 2.05) is 32.0 Å². The molecule has 0 aromatic heterocycles. The Labute approximate surface area is 154 Å². The number of hydrogen-bond acceptors (Lipinski definition) is 4. The van der Waals surface area contributed by atoms with Gasteiger partial charge in [0.05, 0.1) is 19.4 Å². The molecule has 2 aromatic rings. The van der Waals surface area contributed by atoms with Gasteiger partial charge in [-0.05, 0) is 54.8 Å². The van der Waals surface area contributed by atoms with E-state index in [1.54, 1.807) is 31.4 Å². The third-order valence-corrected chi connectivity index (χ3v) is 4.48. The van der Waals surface area contributed by atoms with Crippen molar-refractivity contribution in [1.82, 2.24) is 4.72 Å². The fraction of sp³-hybridized carbons (Fsp3) is 0.316. The van der Waals surface area contributed by atoms with Crippen LogP contribution in [0.15, 0.2) is 42.5 Å². The molecule has 0 unspecified atom stereocenters. The van der Waals surface area contributed by atoms with Crippen molar-refractivity contribution in [1.29, 1.82) is 0 Å². The fourth-order valence-electron chi connectivity index (χ4n) is 2.77. The van der Waals surface area contributed by atoms with Crippen molar-refractivity contribution >= 4 is 21.6 Å². The zero-order chi connectivity index (χ0) is 19.3. The first-order valence-electron chi connectivity index (χ1n) is 8.15. The Kier molecular flexibility index (Phi) is 6.39. The minimum Gasteiger partial charge on any atom is -0.497 e. The number of anilines is 1. The fourth-order valence-corrected chi connectivity index (χ4v) is 3.50. The molecule has 0 saturated heterocycles. The van der Waals surface area contributed by atoms with Crippen LogP contribution in [-0.2, 0) is 14.8 Å². The Morgan fingerprint density at radius 1 is 1.08 bits per heavy atom. The second kappa shape index (κ2) is 8.33. The molecule has 26 heavy (non-hydrogen) atoms. The monoisotopic (exact) mass is 376 g/mol. The average molecular weight is 376 g/mol. The van der Waals surface area contributed by atoms with Crippen LogP contribution in [0.5, 0.6) is 5.75 Å². The van der Waals surface area contributed by atoms with E-state index in [1.165, 1.54) is 0 Å². The summed E-state index contributed by atoms with van der Waals surface area (Å²) in [5.41, 5.74) is 3.47. The number of ether oxygens (including phenoxy) is 1. The van der Waals surface area contributed by atoms with Crippen LogP contribution in [0.1, 0.15) is 29.2 Å². The highest BCUT2D eigenvalue weighted by Crippen LogP contribution is 2.22.